The molecule has 5 nitrogen and oxygen atoms in total. The summed E-state index contributed by atoms with van der Waals surface area (Å²) in [5.41, 5.74) is 4.24. The molecule has 2 N–H and O–H groups in total. The lowest BCUT2D eigenvalue weighted by molar-refractivity contribution is 0.395. The molecule has 3 aromatic rings. The second-order valence-electron chi connectivity index (χ2n) is 5.60. The second-order valence-corrected chi connectivity index (χ2v) is 7.04. The number of nitrogens with zero attached hydrogens (tertiary/aromatic N) is 1. The van der Waals surface area contributed by atoms with Gasteiger partial charge in [-0.1, -0.05) is 11.3 Å². The highest BCUT2D eigenvalue weighted by Crippen LogP contribution is 2.29. The molecule has 0 aliphatic rings. The Hall–Kier alpha value is -2.38. The van der Waals surface area contributed by atoms with Crippen LogP contribution in [-0.2, 0) is 0 Å². The summed E-state index contributed by atoms with van der Waals surface area (Å²) in [6.45, 7) is 4.19. The maximum absolute atomic E-state index is 5.40. The zero-order valence-electron chi connectivity index (χ0n) is 14.5. The largest absolute Gasteiger partial charge is 0.497 e. The van der Waals surface area contributed by atoms with Crippen molar-refractivity contribution in [3.63, 3.8) is 0 Å². The molecule has 130 valence electrons. The van der Waals surface area contributed by atoms with E-state index in [4.69, 9.17) is 21.7 Å². The Bertz CT molecular complexity index is 876. The zero-order chi connectivity index (χ0) is 18.0. The van der Waals surface area contributed by atoms with Crippen molar-refractivity contribution in [1.29, 1.82) is 0 Å². The average Bonchev–Trinajstić information content (AvgIpc) is 2.95. The first-order chi connectivity index (χ1) is 12.0. The first-order valence-corrected chi connectivity index (χ1v) is 8.90. The van der Waals surface area contributed by atoms with Crippen LogP contribution in [0.4, 0.5) is 10.8 Å². The minimum absolute atomic E-state index is 0.461. The summed E-state index contributed by atoms with van der Waals surface area (Å²) in [5.74, 6) is 1.38. The van der Waals surface area contributed by atoms with Gasteiger partial charge in [0.2, 0.25) is 0 Å². The van der Waals surface area contributed by atoms with Crippen LogP contribution >= 0.6 is 23.6 Å². The van der Waals surface area contributed by atoms with Gasteiger partial charge in [-0.3, -0.25) is 0 Å². The highest BCUT2D eigenvalue weighted by atomic mass is 32.1. The highest BCUT2D eigenvalue weighted by Gasteiger charge is 2.08. The molecule has 0 radical (unpaired) electrons. The van der Waals surface area contributed by atoms with Crippen molar-refractivity contribution in [1.82, 2.24) is 4.98 Å². The third-order valence-corrected chi connectivity index (χ3v) is 4.97. The molecule has 1 heterocycles. The number of ether oxygens (including phenoxy) is 2. The number of thiocarbonyl (C=S) groups is 1. The van der Waals surface area contributed by atoms with Crippen molar-refractivity contribution in [3.05, 3.63) is 41.5 Å². The molecule has 0 amide bonds. The maximum atomic E-state index is 5.40. The van der Waals surface area contributed by atoms with E-state index in [1.165, 1.54) is 11.1 Å². The van der Waals surface area contributed by atoms with Crippen molar-refractivity contribution in [2.24, 2.45) is 0 Å². The van der Waals surface area contributed by atoms with Crippen molar-refractivity contribution in [2.75, 3.05) is 24.9 Å². The van der Waals surface area contributed by atoms with Gasteiger partial charge in [0, 0.05) is 23.9 Å². The van der Waals surface area contributed by atoms with Gasteiger partial charge in [0.15, 0.2) is 10.2 Å². The van der Waals surface area contributed by atoms with E-state index >= 15 is 0 Å². The van der Waals surface area contributed by atoms with E-state index in [1.54, 1.807) is 31.6 Å². The lowest BCUT2D eigenvalue weighted by Gasteiger charge is -2.11. The van der Waals surface area contributed by atoms with Gasteiger partial charge in [-0.2, -0.15) is 0 Å². The monoisotopic (exact) mass is 373 g/mol. The number of hydrogen-bond donors (Lipinski definition) is 2. The van der Waals surface area contributed by atoms with Gasteiger partial charge in [0.05, 0.1) is 24.4 Å². The number of aryl methyl sites for hydroxylation is 2. The minimum Gasteiger partial charge on any atom is -0.497 e. The number of fused-ring (bicyclic) bond motifs is 1. The molecule has 0 aliphatic carbocycles. The molecule has 0 atom stereocenters. The number of rotatable bonds is 4. The molecular formula is C18H19N3O2S2. The third kappa shape index (κ3) is 4.00. The Labute approximate surface area is 156 Å². The number of nitrogens with one attached hydrogen (secondary N) is 2. The predicted octanol–water partition coefficient (Wildman–Crippen LogP) is 4.74. The number of aromatic nitrogens is 1. The van der Waals surface area contributed by atoms with Crippen LogP contribution in [0.2, 0.25) is 0 Å². The van der Waals surface area contributed by atoms with Crippen LogP contribution in [0.25, 0.3) is 10.2 Å². The van der Waals surface area contributed by atoms with Gasteiger partial charge < -0.3 is 20.1 Å². The molecule has 25 heavy (non-hydrogen) atoms. The summed E-state index contributed by atoms with van der Waals surface area (Å²) in [5, 5.41) is 7.49. The number of anilines is 2. The summed E-state index contributed by atoms with van der Waals surface area (Å²) in [6.07, 6.45) is 0. The van der Waals surface area contributed by atoms with Crippen LogP contribution in [-0.4, -0.2) is 24.3 Å². The van der Waals surface area contributed by atoms with E-state index in [2.05, 4.69) is 41.6 Å². The van der Waals surface area contributed by atoms with Gasteiger partial charge in [-0.15, -0.1) is 0 Å². The molecule has 3 rings (SSSR count). The quantitative estimate of drug-likeness (QED) is 0.644. The summed E-state index contributed by atoms with van der Waals surface area (Å²) >= 11 is 6.97. The van der Waals surface area contributed by atoms with E-state index in [1.807, 2.05) is 12.1 Å². The molecule has 0 saturated heterocycles. The fourth-order valence-corrected chi connectivity index (χ4v) is 3.60. The van der Waals surface area contributed by atoms with E-state index in [0.29, 0.717) is 16.6 Å². The number of thiazole rings is 1. The summed E-state index contributed by atoms with van der Waals surface area (Å²) in [4.78, 5) is 4.59. The van der Waals surface area contributed by atoms with Gasteiger partial charge in [-0.25, -0.2) is 4.98 Å². The van der Waals surface area contributed by atoms with Crippen LogP contribution in [0.1, 0.15) is 11.1 Å². The highest BCUT2D eigenvalue weighted by molar-refractivity contribution is 7.80. The van der Waals surface area contributed by atoms with Crippen molar-refractivity contribution in [3.8, 4) is 11.5 Å². The van der Waals surface area contributed by atoms with Crippen LogP contribution < -0.4 is 20.1 Å². The van der Waals surface area contributed by atoms with Crippen molar-refractivity contribution < 1.29 is 9.47 Å². The van der Waals surface area contributed by atoms with E-state index in [-0.39, 0.29) is 0 Å². The second kappa shape index (κ2) is 7.25. The molecule has 0 bridgehead atoms. The van der Waals surface area contributed by atoms with E-state index in [9.17, 15) is 0 Å². The Morgan fingerprint density at radius 2 is 1.60 bits per heavy atom. The Morgan fingerprint density at radius 3 is 2.24 bits per heavy atom. The van der Waals surface area contributed by atoms with E-state index in [0.717, 1.165) is 21.0 Å². The topological polar surface area (TPSA) is 55.4 Å². The molecule has 7 heteroatoms. The number of hydrogen-bond acceptors (Lipinski definition) is 5. The molecular weight excluding hydrogens is 354 g/mol. The molecule has 0 unspecified atom stereocenters. The third-order valence-electron chi connectivity index (χ3n) is 3.83. The molecule has 0 aliphatic heterocycles. The normalized spacial score (nSPS) is 10.6. The molecule has 0 spiro atoms. The molecule has 0 saturated carbocycles. The maximum Gasteiger partial charge on any atom is 0.190 e. The van der Waals surface area contributed by atoms with Crippen LogP contribution in [0.15, 0.2) is 30.3 Å². The smallest absolute Gasteiger partial charge is 0.190 e. The Balaban J connectivity index is 1.76. The van der Waals surface area contributed by atoms with Gasteiger partial charge in [-0.05, 0) is 49.3 Å². The molecule has 0 fully saturated rings. The van der Waals surface area contributed by atoms with Gasteiger partial charge in [0.25, 0.3) is 0 Å². The summed E-state index contributed by atoms with van der Waals surface area (Å²) in [7, 11) is 3.22. The van der Waals surface area contributed by atoms with Crippen molar-refractivity contribution in [2.45, 2.75) is 13.8 Å². The van der Waals surface area contributed by atoms with Crippen LogP contribution in [0, 0.1) is 13.8 Å². The standard InChI is InChI=1S/C18H19N3O2S2/c1-10-5-15-16(6-11(10)2)25-18(20-15)21-17(24)19-12-7-13(22-3)9-14(8-12)23-4/h5-9H,1-4H3,(H2,19,20,21,24). The van der Waals surface area contributed by atoms with Gasteiger partial charge in [0.1, 0.15) is 11.5 Å². The first-order valence-electron chi connectivity index (χ1n) is 7.67. The average molecular weight is 374 g/mol. The SMILES string of the molecule is COc1cc(NC(=S)Nc2nc3cc(C)c(C)cc3s2)cc(OC)c1. The zero-order valence-corrected chi connectivity index (χ0v) is 16.1. The minimum atomic E-state index is 0.461. The molecule has 1 aromatic heterocycles. The van der Waals surface area contributed by atoms with Crippen LogP contribution in [0.5, 0.6) is 11.5 Å². The Morgan fingerprint density at radius 1 is 0.960 bits per heavy atom. The lowest BCUT2D eigenvalue weighted by Crippen LogP contribution is -2.18. The number of methoxy groups -OCH3 is 2. The fourth-order valence-electron chi connectivity index (χ4n) is 2.37. The van der Waals surface area contributed by atoms with E-state index < -0.39 is 0 Å². The van der Waals surface area contributed by atoms with Gasteiger partial charge >= 0.3 is 0 Å². The summed E-state index contributed by atoms with van der Waals surface area (Å²) in [6, 6.07) is 9.75. The lowest BCUT2D eigenvalue weighted by atomic mass is 10.1. The molecule has 2 aromatic carbocycles. The van der Waals surface area contributed by atoms with Crippen molar-refractivity contribution >= 4 is 49.7 Å². The fraction of sp³-hybridized carbons (Fsp3) is 0.222. The summed E-state index contributed by atoms with van der Waals surface area (Å²) < 4.78 is 11.7. The predicted molar refractivity (Wildman–Crippen MR) is 108 cm³/mol. The number of benzene rings is 2. The Kier molecular flexibility index (Phi) is 5.06. The first kappa shape index (κ1) is 17.4. The van der Waals surface area contributed by atoms with Crippen LogP contribution in [0.3, 0.4) is 0 Å².